The summed E-state index contributed by atoms with van der Waals surface area (Å²) in [5.74, 6) is 2.04. The molecule has 2 nitrogen and oxygen atoms in total. The number of ketones is 1. The quantitative estimate of drug-likeness (QED) is 0.440. The van der Waals surface area contributed by atoms with Crippen LogP contribution in [0.25, 0.3) is 6.08 Å². The number of aliphatic hydroxyl groups is 1. The van der Waals surface area contributed by atoms with Crippen molar-refractivity contribution in [2.75, 3.05) is 0 Å². The summed E-state index contributed by atoms with van der Waals surface area (Å²) in [6, 6.07) is 7.79. The third kappa shape index (κ3) is 2.98. The minimum Gasteiger partial charge on any atom is -0.393 e. The van der Waals surface area contributed by atoms with Gasteiger partial charge in [0.2, 0.25) is 0 Å². The minimum absolute atomic E-state index is 0.165. The van der Waals surface area contributed by atoms with Crippen molar-refractivity contribution >= 4 is 23.5 Å². The molecule has 3 heteroatoms. The molecule has 0 radical (unpaired) electrons. The Hall–Kier alpha value is -1.38. The van der Waals surface area contributed by atoms with Gasteiger partial charge in [-0.2, -0.15) is 0 Å². The molecule has 1 N–H and O–H groups in total. The fourth-order valence-corrected chi connectivity index (χ4v) is 7.33. The summed E-state index contributed by atoms with van der Waals surface area (Å²) >= 11 is 6.02. The Labute approximate surface area is 179 Å². The second kappa shape index (κ2) is 6.82. The molecule has 154 valence electrons. The molecule has 3 fully saturated rings. The Morgan fingerprint density at radius 1 is 1.03 bits per heavy atom. The molecule has 29 heavy (non-hydrogen) atoms. The Morgan fingerprint density at radius 2 is 1.76 bits per heavy atom. The molecule has 1 aromatic carbocycles. The van der Waals surface area contributed by atoms with Gasteiger partial charge in [0.05, 0.1) is 6.10 Å². The van der Waals surface area contributed by atoms with E-state index >= 15 is 0 Å². The van der Waals surface area contributed by atoms with E-state index in [1.807, 2.05) is 24.3 Å². The maximum Gasteiger partial charge on any atom is 0.165 e. The van der Waals surface area contributed by atoms with Crippen LogP contribution in [0.1, 0.15) is 64.4 Å². The van der Waals surface area contributed by atoms with Gasteiger partial charge in [-0.3, -0.25) is 4.79 Å². The predicted molar refractivity (Wildman–Crippen MR) is 118 cm³/mol. The van der Waals surface area contributed by atoms with Crippen LogP contribution in [-0.2, 0) is 4.79 Å². The third-order valence-electron chi connectivity index (χ3n) is 8.93. The van der Waals surface area contributed by atoms with E-state index in [2.05, 4.69) is 26.0 Å². The van der Waals surface area contributed by atoms with Crippen molar-refractivity contribution in [1.29, 1.82) is 0 Å². The molecule has 0 bridgehead atoms. The van der Waals surface area contributed by atoms with Crippen molar-refractivity contribution in [2.24, 2.45) is 28.6 Å². The molecule has 5 rings (SSSR count). The van der Waals surface area contributed by atoms with Crippen molar-refractivity contribution in [3.8, 4) is 0 Å². The average molecular weight is 411 g/mol. The maximum atomic E-state index is 13.5. The molecule has 4 unspecified atom stereocenters. The molecule has 6 atom stereocenters. The van der Waals surface area contributed by atoms with E-state index in [-0.39, 0.29) is 16.9 Å². The summed E-state index contributed by atoms with van der Waals surface area (Å²) in [7, 11) is 0. The average Bonchev–Trinajstić information content (AvgIpc) is 2.95. The van der Waals surface area contributed by atoms with Gasteiger partial charge in [-0.15, -0.1) is 0 Å². The highest BCUT2D eigenvalue weighted by molar-refractivity contribution is 6.30. The van der Waals surface area contributed by atoms with E-state index in [4.69, 9.17) is 11.6 Å². The zero-order valence-corrected chi connectivity index (χ0v) is 18.2. The summed E-state index contributed by atoms with van der Waals surface area (Å²) < 4.78 is 0. The first-order valence-electron chi connectivity index (χ1n) is 11.2. The number of fused-ring (bicyclic) bond motifs is 5. The number of hydrogen-bond donors (Lipinski definition) is 1. The highest BCUT2D eigenvalue weighted by atomic mass is 35.5. The van der Waals surface area contributed by atoms with Gasteiger partial charge in [0, 0.05) is 10.4 Å². The van der Waals surface area contributed by atoms with Gasteiger partial charge in [0.25, 0.3) is 0 Å². The largest absolute Gasteiger partial charge is 0.393 e. The second-order valence-corrected chi connectivity index (χ2v) is 10.8. The Kier molecular flexibility index (Phi) is 4.60. The van der Waals surface area contributed by atoms with Crippen LogP contribution in [0, 0.1) is 28.6 Å². The summed E-state index contributed by atoms with van der Waals surface area (Å²) in [6.45, 7) is 4.66. The first-order valence-corrected chi connectivity index (χ1v) is 11.6. The molecule has 0 amide bonds. The molecular weight excluding hydrogens is 380 g/mol. The molecule has 3 saturated carbocycles. The predicted octanol–water partition coefficient (Wildman–Crippen LogP) is 6.23. The summed E-state index contributed by atoms with van der Waals surface area (Å²) in [5.41, 5.74) is 3.56. The van der Waals surface area contributed by atoms with Crippen molar-refractivity contribution in [2.45, 2.75) is 64.9 Å². The van der Waals surface area contributed by atoms with E-state index in [9.17, 15) is 9.90 Å². The van der Waals surface area contributed by atoms with Gasteiger partial charge in [-0.1, -0.05) is 49.2 Å². The van der Waals surface area contributed by atoms with Gasteiger partial charge >= 0.3 is 0 Å². The third-order valence-corrected chi connectivity index (χ3v) is 9.18. The van der Waals surface area contributed by atoms with Gasteiger partial charge in [-0.05, 0) is 97.5 Å². The van der Waals surface area contributed by atoms with E-state index in [1.54, 1.807) is 0 Å². The standard InChI is InChI=1S/C26H31ClO2/c1-25-11-9-20(28)15-18(25)5-8-21-22(25)10-12-26(2)23(21)14-17(24(26)29)13-16-3-6-19(27)7-4-16/h3-7,13,20-23,28H,8-12,14-15H2,1-2H3/b17-13+/t20?,21?,22?,23?,25-,26-/m0/s1. The Morgan fingerprint density at radius 3 is 2.52 bits per heavy atom. The van der Waals surface area contributed by atoms with Gasteiger partial charge in [0.1, 0.15) is 0 Å². The lowest BCUT2D eigenvalue weighted by Crippen LogP contribution is -2.50. The van der Waals surface area contributed by atoms with Gasteiger partial charge in [-0.25, -0.2) is 0 Å². The van der Waals surface area contributed by atoms with E-state index in [1.165, 1.54) is 5.57 Å². The van der Waals surface area contributed by atoms with Crippen LogP contribution in [-0.4, -0.2) is 17.0 Å². The molecular formula is C26H31ClO2. The molecule has 4 aliphatic carbocycles. The lowest BCUT2D eigenvalue weighted by atomic mass is 9.48. The lowest BCUT2D eigenvalue weighted by Gasteiger charge is -2.56. The zero-order valence-electron chi connectivity index (χ0n) is 17.5. The summed E-state index contributed by atoms with van der Waals surface area (Å²) in [5, 5.41) is 10.9. The molecule has 0 saturated heterocycles. The number of carbonyl (C=O) groups is 1. The van der Waals surface area contributed by atoms with E-state index < -0.39 is 0 Å². The van der Waals surface area contributed by atoms with Gasteiger partial charge in [0.15, 0.2) is 5.78 Å². The second-order valence-electron chi connectivity index (χ2n) is 10.4. The Balaban J connectivity index is 1.47. The molecule has 1 aromatic rings. The van der Waals surface area contributed by atoms with Crippen LogP contribution in [0.3, 0.4) is 0 Å². The minimum atomic E-state index is -0.213. The van der Waals surface area contributed by atoms with Crippen LogP contribution < -0.4 is 0 Å². The fourth-order valence-electron chi connectivity index (χ4n) is 7.20. The molecule has 0 spiro atoms. The molecule has 0 aromatic heterocycles. The normalized spacial score (nSPS) is 42.8. The number of hydrogen-bond acceptors (Lipinski definition) is 2. The van der Waals surface area contributed by atoms with Crippen LogP contribution in [0.5, 0.6) is 0 Å². The Bertz CT molecular complexity index is 898. The summed E-state index contributed by atoms with van der Waals surface area (Å²) in [6.07, 6.45) is 11.3. The fraction of sp³-hybridized carbons (Fsp3) is 0.577. The smallest absolute Gasteiger partial charge is 0.165 e. The van der Waals surface area contributed by atoms with Crippen molar-refractivity contribution in [1.82, 2.24) is 0 Å². The SMILES string of the molecule is C[C@]12CCC(O)CC1=CCC1C2CC[C@]2(C)C(=O)/C(=C/c3ccc(Cl)cc3)CC12. The number of carbonyl (C=O) groups excluding carboxylic acids is 1. The number of aliphatic hydroxyl groups excluding tert-OH is 1. The van der Waals surface area contributed by atoms with Crippen molar-refractivity contribution in [3.63, 3.8) is 0 Å². The highest BCUT2D eigenvalue weighted by Crippen LogP contribution is 2.64. The van der Waals surface area contributed by atoms with Crippen LogP contribution in [0.4, 0.5) is 0 Å². The number of rotatable bonds is 1. The van der Waals surface area contributed by atoms with Gasteiger partial charge < -0.3 is 5.11 Å². The number of Topliss-reactive ketones (excluding diaryl/α,β-unsaturated/α-hetero) is 1. The lowest BCUT2D eigenvalue weighted by molar-refractivity contribution is -0.130. The molecule has 0 heterocycles. The topological polar surface area (TPSA) is 37.3 Å². The van der Waals surface area contributed by atoms with Crippen LogP contribution >= 0.6 is 11.6 Å². The van der Waals surface area contributed by atoms with Crippen molar-refractivity contribution < 1.29 is 9.90 Å². The van der Waals surface area contributed by atoms with Crippen LogP contribution in [0.2, 0.25) is 5.02 Å². The van der Waals surface area contributed by atoms with Crippen molar-refractivity contribution in [3.05, 3.63) is 52.1 Å². The number of benzene rings is 1. The number of halogens is 1. The number of allylic oxidation sites excluding steroid dienone is 2. The molecule has 0 aliphatic heterocycles. The monoisotopic (exact) mass is 410 g/mol. The first-order chi connectivity index (χ1) is 13.8. The first kappa shape index (κ1) is 19.6. The summed E-state index contributed by atoms with van der Waals surface area (Å²) in [4.78, 5) is 13.5. The maximum absolute atomic E-state index is 13.5. The van der Waals surface area contributed by atoms with Crippen LogP contribution in [0.15, 0.2) is 41.5 Å². The van der Waals surface area contributed by atoms with E-state index in [0.717, 1.165) is 61.1 Å². The van der Waals surface area contributed by atoms with E-state index in [0.29, 0.717) is 23.5 Å². The highest BCUT2D eigenvalue weighted by Gasteiger charge is 2.59. The molecule has 4 aliphatic rings. The zero-order chi connectivity index (χ0) is 20.4.